The molecule has 0 aliphatic heterocycles. The first-order valence-electron chi connectivity index (χ1n) is 7.13. The van der Waals surface area contributed by atoms with Gasteiger partial charge in [0.05, 0.1) is 0 Å². The zero-order chi connectivity index (χ0) is 14.7. The lowest BCUT2D eigenvalue weighted by Gasteiger charge is -2.21. The number of para-hydroxylation sites is 2. The second kappa shape index (κ2) is 6.00. The van der Waals surface area contributed by atoms with Crippen molar-refractivity contribution in [3.63, 3.8) is 0 Å². The van der Waals surface area contributed by atoms with Crippen LogP contribution in [0.25, 0.3) is 0 Å². The van der Waals surface area contributed by atoms with Gasteiger partial charge in [-0.15, -0.1) is 0 Å². The summed E-state index contributed by atoms with van der Waals surface area (Å²) in [5.41, 5.74) is 3.53. The molecular formula is C18H22O2. The van der Waals surface area contributed by atoms with Crippen molar-refractivity contribution in [1.82, 2.24) is 0 Å². The highest BCUT2D eigenvalue weighted by Crippen LogP contribution is 2.40. The van der Waals surface area contributed by atoms with E-state index in [0.717, 1.165) is 35.1 Å². The largest absolute Gasteiger partial charge is 0.507 e. The van der Waals surface area contributed by atoms with Crippen molar-refractivity contribution in [1.29, 1.82) is 0 Å². The normalized spacial score (nSPS) is 11.0. The first-order chi connectivity index (χ1) is 9.56. The van der Waals surface area contributed by atoms with Gasteiger partial charge in [-0.25, -0.2) is 0 Å². The average molecular weight is 270 g/mol. The third-order valence-corrected chi connectivity index (χ3v) is 3.87. The first-order valence-corrected chi connectivity index (χ1v) is 7.13. The Hall–Kier alpha value is -1.96. The minimum atomic E-state index is 0.0276. The fourth-order valence-corrected chi connectivity index (χ4v) is 2.69. The Bertz CT molecular complexity index is 551. The summed E-state index contributed by atoms with van der Waals surface area (Å²) < 4.78 is 0. The number of aryl methyl sites for hydroxylation is 2. The molecule has 2 aromatic rings. The summed E-state index contributed by atoms with van der Waals surface area (Å²) in [6, 6.07) is 11.6. The van der Waals surface area contributed by atoms with Gasteiger partial charge in [-0.05, 0) is 31.4 Å². The van der Waals surface area contributed by atoms with Crippen LogP contribution in [0, 0.1) is 13.8 Å². The molecule has 20 heavy (non-hydrogen) atoms. The molecule has 0 bridgehead atoms. The van der Waals surface area contributed by atoms with Crippen LogP contribution in [-0.4, -0.2) is 10.2 Å². The van der Waals surface area contributed by atoms with Crippen LogP contribution in [0.1, 0.15) is 47.9 Å². The highest BCUT2D eigenvalue weighted by atomic mass is 16.3. The fraction of sp³-hybridized carbons (Fsp3) is 0.333. The molecular weight excluding hydrogens is 248 g/mol. The Morgan fingerprint density at radius 1 is 0.850 bits per heavy atom. The fourth-order valence-electron chi connectivity index (χ4n) is 2.69. The molecule has 2 heteroatoms. The van der Waals surface area contributed by atoms with Crippen LogP contribution in [0.2, 0.25) is 0 Å². The number of phenols is 2. The van der Waals surface area contributed by atoms with E-state index in [1.54, 1.807) is 0 Å². The topological polar surface area (TPSA) is 40.5 Å². The third-order valence-electron chi connectivity index (χ3n) is 3.87. The van der Waals surface area contributed by atoms with E-state index in [0.29, 0.717) is 11.5 Å². The van der Waals surface area contributed by atoms with Crippen LogP contribution < -0.4 is 0 Å². The average Bonchev–Trinajstić information content (AvgIpc) is 2.43. The number of aromatic hydroxyl groups is 2. The highest BCUT2D eigenvalue weighted by molar-refractivity contribution is 5.50. The highest BCUT2D eigenvalue weighted by Gasteiger charge is 2.21. The van der Waals surface area contributed by atoms with Crippen LogP contribution >= 0.6 is 0 Å². The Kier molecular flexibility index (Phi) is 4.33. The van der Waals surface area contributed by atoms with E-state index in [2.05, 4.69) is 6.92 Å². The van der Waals surface area contributed by atoms with Gasteiger partial charge >= 0.3 is 0 Å². The van der Waals surface area contributed by atoms with E-state index in [1.165, 1.54) is 0 Å². The number of hydrogen-bond donors (Lipinski definition) is 2. The van der Waals surface area contributed by atoms with Gasteiger partial charge in [0, 0.05) is 17.0 Å². The summed E-state index contributed by atoms with van der Waals surface area (Å²) in [6.07, 6.45) is 1.89. The first kappa shape index (κ1) is 14.4. The van der Waals surface area contributed by atoms with Crippen molar-refractivity contribution >= 4 is 0 Å². The molecule has 106 valence electrons. The van der Waals surface area contributed by atoms with Crippen molar-refractivity contribution in [2.24, 2.45) is 0 Å². The predicted molar refractivity (Wildman–Crippen MR) is 82.4 cm³/mol. The minimum Gasteiger partial charge on any atom is -0.507 e. The summed E-state index contributed by atoms with van der Waals surface area (Å²) in [5.74, 6) is 0.707. The molecule has 0 fully saturated rings. The zero-order valence-electron chi connectivity index (χ0n) is 12.4. The molecule has 0 radical (unpaired) electrons. The molecule has 0 saturated carbocycles. The van der Waals surface area contributed by atoms with Gasteiger partial charge in [0.25, 0.3) is 0 Å². The lowest BCUT2D eigenvalue weighted by atomic mass is 9.85. The van der Waals surface area contributed by atoms with E-state index in [-0.39, 0.29) is 5.92 Å². The second-order valence-electron chi connectivity index (χ2n) is 5.37. The molecule has 0 spiro atoms. The zero-order valence-corrected chi connectivity index (χ0v) is 12.4. The van der Waals surface area contributed by atoms with Gasteiger partial charge in [-0.1, -0.05) is 49.7 Å². The smallest absolute Gasteiger partial charge is 0.122 e. The van der Waals surface area contributed by atoms with E-state index >= 15 is 0 Å². The molecule has 2 nitrogen and oxygen atoms in total. The van der Waals surface area contributed by atoms with Gasteiger partial charge in [0.2, 0.25) is 0 Å². The maximum Gasteiger partial charge on any atom is 0.122 e. The molecule has 0 atom stereocenters. The van der Waals surface area contributed by atoms with Crippen molar-refractivity contribution in [2.45, 2.75) is 39.5 Å². The van der Waals surface area contributed by atoms with Gasteiger partial charge in [-0.3, -0.25) is 0 Å². The molecule has 0 aliphatic carbocycles. The molecule has 0 unspecified atom stereocenters. The molecule has 0 amide bonds. The summed E-state index contributed by atoms with van der Waals surface area (Å²) in [7, 11) is 0. The molecule has 2 rings (SSSR count). The van der Waals surface area contributed by atoms with Crippen LogP contribution in [0.5, 0.6) is 11.5 Å². The van der Waals surface area contributed by atoms with Crippen LogP contribution in [-0.2, 0) is 0 Å². The second-order valence-corrected chi connectivity index (χ2v) is 5.37. The van der Waals surface area contributed by atoms with Gasteiger partial charge in [0.15, 0.2) is 0 Å². The number of benzene rings is 2. The summed E-state index contributed by atoms with van der Waals surface area (Å²) in [5, 5.41) is 20.7. The van der Waals surface area contributed by atoms with E-state index < -0.39 is 0 Å². The van der Waals surface area contributed by atoms with Gasteiger partial charge in [0.1, 0.15) is 11.5 Å². The maximum atomic E-state index is 10.3. The standard InChI is InChI=1S/C18H22O2/c1-4-7-14(15-10-5-8-12(2)17(15)19)16-11-6-9-13(3)18(16)20/h5-6,8-11,14,19-20H,4,7H2,1-3H3. The summed E-state index contributed by atoms with van der Waals surface area (Å²) in [4.78, 5) is 0. The SMILES string of the molecule is CCCC(c1cccc(C)c1O)c1cccc(C)c1O. The molecule has 2 N–H and O–H groups in total. The van der Waals surface area contributed by atoms with Gasteiger partial charge in [-0.2, -0.15) is 0 Å². The van der Waals surface area contributed by atoms with Crippen LogP contribution in [0.3, 0.4) is 0 Å². The Balaban J connectivity index is 2.56. The molecule has 0 aliphatic rings. The van der Waals surface area contributed by atoms with Crippen molar-refractivity contribution in [3.8, 4) is 11.5 Å². The Labute approximate surface area is 120 Å². The Morgan fingerprint density at radius 2 is 1.30 bits per heavy atom. The number of phenolic OH excluding ortho intramolecular Hbond substituents is 2. The summed E-state index contributed by atoms with van der Waals surface area (Å²) >= 11 is 0. The molecule has 0 heterocycles. The number of hydrogen-bond acceptors (Lipinski definition) is 2. The third kappa shape index (κ3) is 2.64. The van der Waals surface area contributed by atoms with Crippen LogP contribution in [0.15, 0.2) is 36.4 Å². The molecule has 2 aromatic carbocycles. The quantitative estimate of drug-likeness (QED) is 0.849. The summed E-state index contributed by atoms with van der Waals surface area (Å²) in [6.45, 7) is 5.92. The minimum absolute atomic E-state index is 0.0276. The number of rotatable bonds is 4. The van der Waals surface area contributed by atoms with E-state index in [1.807, 2.05) is 50.2 Å². The van der Waals surface area contributed by atoms with E-state index in [4.69, 9.17) is 0 Å². The van der Waals surface area contributed by atoms with Crippen molar-refractivity contribution < 1.29 is 10.2 Å². The van der Waals surface area contributed by atoms with Crippen molar-refractivity contribution in [3.05, 3.63) is 58.7 Å². The Morgan fingerprint density at radius 3 is 1.70 bits per heavy atom. The van der Waals surface area contributed by atoms with Crippen molar-refractivity contribution in [2.75, 3.05) is 0 Å². The van der Waals surface area contributed by atoms with Crippen LogP contribution in [0.4, 0.5) is 0 Å². The predicted octanol–water partition coefficient (Wildman–Crippen LogP) is 4.65. The monoisotopic (exact) mass is 270 g/mol. The molecule has 0 aromatic heterocycles. The van der Waals surface area contributed by atoms with E-state index in [9.17, 15) is 10.2 Å². The lowest BCUT2D eigenvalue weighted by Crippen LogP contribution is -2.03. The maximum absolute atomic E-state index is 10.3. The van der Waals surface area contributed by atoms with Gasteiger partial charge < -0.3 is 10.2 Å². The molecule has 0 saturated heterocycles. The lowest BCUT2D eigenvalue weighted by molar-refractivity contribution is 0.446.